The lowest BCUT2D eigenvalue weighted by Crippen LogP contribution is -2.31. The second kappa shape index (κ2) is 6.37. The predicted molar refractivity (Wildman–Crippen MR) is 87.1 cm³/mol. The van der Waals surface area contributed by atoms with Gasteiger partial charge in [0.1, 0.15) is 5.70 Å². The summed E-state index contributed by atoms with van der Waals surface area (Å²) in [5.74, 6) is -1.82. The molecule has 0 unspecified atom stereocenters. The van der Waals surface area contributed by atoms with Crippen LogP contribution in [-0.4, -0.2) is 27.8 Å². The normalized spacial score (nSPS) is 13.8. The van der Waals surface area contributed by atoms with E-state index in [4.69, 9.17) is 5.11 Å². The number of carbonyl (C=O) groups is 3. The molecule has 0 fully saturated rings. The summed E-state index contributed by atoms with van der Waals surface area (Å²) in [6.45, 7) is 0.206. The lowest BCUT2D eigenvalue weighted by atomic mass is 10.2. The molecule has 0 aliphatic carbocycles. The number of imide groups is 1. The third kappa shape index (κ3) is 3.17. The Morgan fingerprint density at radius 1 is 1.00 bits per heavy atom. The molecule has 0 radical (unpaired) electrons. The van der Waals surface area contributed by atoms with Gasteiger partial charge in [0.25, 0.3) is 11.8 Å². The number of amides is 2. The van der Waals surface area contributed by atoms with E-state index >= 15 is 0 Å². The number of hydrogen-bond acceptors (Lipinski definition) is 4. The average molecular weight is 322 g/mol. The fourth-order valence-electron chi connectivity index (χ4n) is 2.37. The molecular weight excluding hydrogens is 308 g/mol. The highest BCUT2D eigenvalue weighted by molar-refractivity contribution is 6.17. The Morgan fingerprint density at radius 3 is 2.29 bits per heavy atom. The summed E-state index contributed by atoms with van der Waals surface area (Å²) >= 11 is 0. The summed E-state index contributed by atoms with van der Waals surface area (Å²) in [6, 6.07) is 15.2. The van der Waals surface area contributed by atoms with Crippen molar-refractivity contribution in [1.29, 1.82) is 0 Å². The van der Waals surface area contributed by atoms with E-state index in [0.29, 0.717) is 5.69 Å². The molecule has 2 aromatic carbocycles. The SMILES string of the molecule is O=C(O)c1ccc(NC2=CC(=O)N(Cc3ccccc3)C2=O)cc1. The van der Waals surface area contributed by atoms with E-state index in [-0.39, 0.29) is 23.7 Å². The minimum Gasteiger partial charge on any atom is -0.478 e. The molecule has 0 saturated carbocycles. The molecule has 1 aliphatic heterocycles. The summed E-state index contributed by atoms with van der Waals surface area (Å²) in [4.78, 5) is 36.4. The third-order valence-corrected chi connectivity index (χ3v) is 3.60. The lowest BCUT2D eigenvalue weighted by Gasteiger charge is -2.15. The molecule has 120 valence electrons. The number of aromatic carboxylic acids is 1. The number of anilines is 1. The standard InChI is InChI=1S/C18H14N2O4/c21-16-10-15(19-14-8-6-13(7-9-14)18(23)24)17(22)20(16)11-12-4-2-1-3-5-12/h1-10,19H,11H2,(H,23,24). The fraction of sp³-hybridized carbons (Fsp3) is 0.0556. The van der Waals surface area contributed by atoms with Crippen molar-refractivity contribution in [3.63, 3.8) is 0 Å². The summed E-state index contributed by atoms with van der Waals surface area (Å²) < 4.78 is 0. The van der Waals surface area contributed by atoms with E-state index < -0.39 is 11.9 Å². The maximum Gasteiger partial charge on any atom is 0.335 e. The van der Waals surface area contributed by atoms with Gasteiger partial charge in [-0.3, -0.25) is 14.5 Å². The number of carbonyl (C=O) groups excluding carboxylic acids is 2. The average Bonchev–Trinajstić information content (AvgIpc) is 2.84. The van der Waals surface area contributed by atoms with Gasteiger partial charge in [-0.2, -0.15) is 0 Å². The minimum atomic E-state index is -1.03. The number of carboxylic acids is 1. The number of rotatable bonds is 5. The molecule has 1 aliphatic rings. The fourth-order valence-corrected chi connectivity index (χ4v) is 2.37. The van der Waals surface area contributed by atoms with Crippen LogP contribution in [0.2, 0.25) is 0 Å². The molecule has 2 amide bonds. The van der Waals surface area contributed by atoms with Crippen molar-refractivity contribution in [3.05, 3.63) is 77.5 Å². The van der Waals surface area contributed by atoms with E-state index in [1.165, 1.54) is 18.2 Å². The van der Waals surface area contributed by atoms with Crippen LogP contribution in [0.3, 0.4) is 0 Å². The zero-order valence-corrected chi connectivity index (χ0v) is 12.6. The zero-order valence-electron chi connectivity index (χ0n) is 12.6. The number of nitrogens with one attached hydrogen (secondary N) is 1. The largest absolute Gasteiger partial charge is 0.478 e. The highest BCUT2D eigenvalue weighted by atomic mass is 16.4. The van der Waals surface area contributed by atoms with Gasteiger partial charge in [-0.1, -0.05) is 30.3 Å². The quantitative estimate of drug-likeness (QED) is 0.825. The van der Waals surface area contributed by atoms with Crippen LogP contribution in [0, 0.1) is 0 Å². The first kappa shape index (κ1) is 15.5. The number of benzene rings is 2. The summed E-state index contributed by atoms with van der Waals surface area (Å²) in [6.07, 6.45) is 1.25. The number of nitrogens with zero attached hydrogens (tertiary/aromatic N) is 1. The highest BCUT2D eigenvalue weighted by Gasteiger charge is 2.31. The first-order chi connectivity index (χ1) is 11.5. The Kier molecular flexibility index (Phi) is 4.11. The van der Waals surface area contributed by atoms with Crippen molar-refractivity contribution < 1.29 is 19.5 Å². The lowest BCUT2D eigenvalue weighted by molar-refractivity contribution is -0.137. The molecule has 1 heterocycles. The molecule has 24 heavy (non-hydrogen) atoms. The van der Waals surface area contributed by atoms with Crippen LogP contribution in [0.1, 0.15) is 15.9 Å². The van der Waals surface area contributed by atoms with E-state index in [1.54, 1.807) is 12.1 Å². The van der Waals surface area contributed by atoms with E-state index in [1.807, 2.05) is 30.3 Å². The first-order valence-corrected chi connectivity index (χ1v) is 7.26. The van der Waals surface area contributed by atoms with Gasteiger partial charge in [0, 0.05) is 11.8 Å². The monoisotopic (exact) mass is 322 g/mol. The van der Waals surface area contributed by atoms with Gasteiger partial charge < -0.3 is 10.4 Å². The molecule has 3 rings (SSSR count). The maximum absolute atomic E-state index is 12.4. The molecule has 0 atom stereocenters. The van der Waals surface area contributed by atoms with Gasteiger partial charge >= 0.3 is 5.97 Å². The van der Waals surface area contributed by atoms with E-state index in [9.17, 15) is 14.4 Å². The second-order valence-corrected chi connectivity index (χ2v) is 5.28. The van der Waals surface area contributed by atoms with Crippen molar-refractivity contribution >= 4 is 23.5 Å². The van der Waals surface area contributed by atoms with Crippen LogP contribution in [-0.2, 0) is 16.1 Å². The van der Waals surface area contributed by atoms with Gasteiger partial charge in [0.05, 0.1) is 12.1 Å². The molecular formula is C18H14N2O4. The molecule has 6 heteroatoms. The van der Waals surface area contributed by atoms with Crippen molar-refractivity contribution in [3.8, 4) is 0 Å². The van der Waals surface area contributed by atoms with Crippen molar-refractivity contribution in [2.24, 2.45) is 0 Å². The summed E-state index contributed by atoms with van der Waals surface area (Å²) in [5, 5.41) is 11.7. The summed E-state index contributed by atoms with van der Waals surface area (Å²) in [5.41, 5.74) is 1.71. The minimum absolute atomic E-state index is 0.147. The molecule has 2 aromatic rings. The highest BCUT2D eigenvalue weighted by Crippen LogP contribution is 2.19. The Labute approximate surface area is 138 Å². The van der Waals surface area contributed by atoms with Crippen LogP contribution >= 0.6 is 0 Å². The number of hydrogen-bond donors (Lipinski definition) is 2. The zero-order chi connectivity index (χ0) is 17.1. The molecule has 0 spiro atoms. The van der Waals surface area contributed by atoms with Gasteiger partial charge in [-0.05, 0) is 29.8 Å². The van der Waals surface area contributed by atoms with Crippen LogP contribution < -0.4 is 5.32 Å². The molecule has 6 nitrogen and oxygen atoms in total. The van der Waals surface area contributed by atoms with E-state index in [2.05, 4.69) is 5.32 Å². The van der Waals surface area contributed by atoms with Gasteiger partial charge in [0.15, 0.2) is 0 Å². The molecule has 0 bridgehead atoms. The Morgan fingerprint density at radius 2 is 1.67 bits per heavy atom. The Hall–Kier alpha value is -3.41. The van der Waals surface area contributed by atoms with Gasteiger partial charge in [-0.15, -0.1) is 0 Å². The summed E-state index contributed by atoms with van der Waals surface area (Å²) in [7, 11) is 0. The predicted octanol–water partition coefficient (Wildman–Crippen LogP) is 2.25. The van der Waals surface area contributed by atoms with Crippen molar-refractivity contribution in [1.82, 2.24) is 4.90 Å². The van der Waals surface area contributed by atoms with Crippen LogP contribution in [0.4, 0.5) is 5.69 Å². The first-order valence-electron chi connectivity index (χ1n) is 7.26. The van der Waals surface area contributed by atoms with Crippen molar-refractivity contribution in [2.75, 3.05) is 5.32 Å². The van der Waals surface area contributed by atoms with Crippen LogP contribution in [0.15, 0.2) is 66.4 Å². The Balaban J connectivity index is 1.71. The Bertz CT molecular complexity index is 826. The number of carboxylic acid groups (broad SMARTS) is 1. The van der Waals surface area contributed by atoms with Crippen LogP contribution in [0.5, 0.6) is 0 Å². The molecule has 2 N–H and O–H groups in total. The molecule has 0 saturated heterocycles. The van der Waals surface area contributed by atoms with E-state index in [0.717, 1.165) is 10.5 Å². The maximum atomic E-state index is 12.4. The third-order valence-electron chi connectivity index (χ3n) is 3.60. The second-order valence-electron chi connectivity index (χ2n) is 5.28. The van der Waals surface area contributed by atoms with Gasteiger partial charge in [-0.25, -0.2) is 4.79 Å². The smallest absolute Gasteiger partial charge is 0.335 e. The molecule has 0 aromatic heterocycles. The topological polar surface area (TPSA) is 86.7 Å². The van der Waals surface area contributed by atoms with Crippen LogP contribution in [0.25, 0.3) is 0 Å². The van der Waals surface area contributed by atoms with Crippen molar-refractivity contribution in [2.45, 2.75) is 6.54 Å². The van der Waals surface area contributed by atoms with Gasteiger partial charge in [0.2, 0.25) is 0 Å².